The topological polar surface area (TPSA) is 44.5 Å². The average Bonchev–Trinajstić information content (AvgIpc) is 2.14. The van der Waals surface area contributed by atoms with Gasteiger partial charge in [0.1, 0.15) is 6.61 Å². The second kappa shape index (κ2) is 5.08. The standard InChI is InChI=1S/C10H14ClNO2/c1-7-5-8(11)10(13-2)9(6-7)14-4-3-12/h5-6H,3-4,12H2,1-2H3. The molecule has 0 fully saturated rings. The molecule has 0 bridgehead atoms. The fraction of sp³-hybridized carbons (Fsp3) is 0.400. The number of hydrogen-bond acceptors (Lipinski definition) is 3. The van der Waals surface area contributed by atoms with Crippen molar-refractivity contribution in [2.45, 2.75) is 6.92 Å². The fourth-order valence-electron chi connectivity index (χ4n) is 1.17. The van der Waals surface area contributed by atoms with E-state index in [0.717, 1.165) is 5.56 Å². The number of nitrogens with two attached hydrogens (primary N) is 1. The maximum Gasteiger partial charge on any atom is 0.179 e. The van der Waals surface area contributed by atoms with Crippen molar-refractivity contribution in [3.8, 4) is 11.5 Å². The molecule has 0 spiro atoms. The largest absolute Gasteiger partial charge is 0.491 e. The Bertz CT molecular complexity index is 315. The van der Waals surface area contributed by atoms with Crippen molar-refractivity contribution < 1.29 is 9.47 Å². The van der Waals surface area contributed by atoms with Crippen LogP contribution >= 0.6 is 11.6 Å². The quantitative estimate of drug-likeness (QED) is 0.836. The van der Waals surface area contributed by atoms with Crippen molar-refractivity contribution in [1.82, 2.24) is 0 Å². The van der Waals surface area contributed by atoms with Gasteiger partial charge in [-0.1, -0.05) is 11.6 Å². The highest BCUT2D eigenvalue weighted by atomic mass is 35.5. The number of halogens is 1. The Balaban J connectivity index is 2.99. The zero-order valence-corrected chi connectivity index (χ0v) is 9.10. The normalized spacial score (nSPS) is 10.0. The summed E-state index contributed by atoms with van der Waals surface area (Å²) in [5.41, 5.74) is 6.38. The summed E-state index contributed by atoms with van der Waals surface area (Å²) in [6.07, 6.45) is 0. The minimum Gasteiger partial charge on any atom is -0.491 e. The average molecular weight is 216 g/mol. The monoisotopic (exact) mass is 215 g/mol. The number of ether oxygens (including phenoxy) is 2. The molecule has 2 N–H and O–H groups in total. The lowest BCUT2D eigenvalue weighted by Gasteiger charge is -2.12. The molecule has 1 aromatic carbocycles. The van der Waals surface area contributed by atoms with E-state index in [0.29, 0.717) is 29.7 Å². The second-order valence-electron chi connectivity index (χ2n) is 2.92. The molecule has 4 heteroatoms. The molecule has 1 rings (SSSR count). The summed E-state index contributed by atoms with van der Waals surface area (Å²) in [5.74, 6) is 1.20. The van der Waals surface area contributed by atoms with Gasteiger partial charge >= 0.3 is 0 Å². The van der Waals surface area contributed by atoms with Gasteiger partial charge in [-0.25, -0.2) is 0 Å². The second-order valence-corrected chi connectivity index (χ2v) is 3.32. The van der Waals surface area contributed by atoms with Crippen molar-refractivity contribution in [2.75, 3.05) is 20.3 Å². The summed E-state index contributed by atoms with van der Waals surface area (Å²) >= 11 is 5.98. The van der Waals surface area contributed by atoms with Crippen molar-refractivity contribution in [2.24, 2.45) is 5.73 Å². The van der Waals surface area contributed by atoms with Gasteiger partial charge in [0, 0.05) is 6.54 Å². The Morgan fingerprint density at radius 2 is 2.14 bits per heavy atom. The predicted molar refractivity (Wildman–Crippen MR) is 57.3 cm³/mol. The highest BCUT2D eigenvalue weighted by molar-refractivity contribution is 6.32. The molecule has 0 heterocycles. The van der Waals surface area contributed by atoms with E-state index in [1.807, 2.05) is 19.1 Å². The molecule has 0 aliphatic carbocycles. The van der Waals surface area contributed by atoms with Gasteiger partial charge in [-0.15, -0.1) is 0 Å². The number of aryl methyl sites for hydroxylation is 1. The van der Waals surface area contributed by atoms with Crippen LogP contribution in [-0.4, -0.2) is 20.3 Å². The van der Waals surface area contributed by atoms with Crippen molar-refractivity contribution in [1.29, 1.82) is 0 Å². The third-order valence-corrected chi connectivity index (χ3v) is 2.01. The highest BCUT2D eigenvalue weighted by Crippen LogP contribution is 2.35. The van der Waals surface area contributed by atoms with Crippen LogP contribution in [-0.2, 0) is 0 Å². The molecule has 0 aliphatic heterocycles. The van der Waals surface area contributed by atoms with Crippen LogP contribution < -0.4 is 15.2 Å². The van der Waals surface area contributed by atoms with Crippen LogP contribution in [0.25, 0.3) is 0 Å². The van der Waals surface area contributed by atoms with Gasteiger partial charge in [0.05, 0.1) is 12.1 Å². The first kappa shape index (κ1) is 11.1. The third kappa shape index (κ3) is 2.53. The molecule has 0 saturated heterocycles. The molecule has 3 nitrogen and oxygen atoms in total. The van der Waals surface area contributed by atoms with Crippen LogP contribution in [0.2, 0.25) is 5.02 Å². The number of hydrogen-bond donors (Lipinski definition) is 1. The molecular weight excluding hydrogens is 202 g/mol. The number of rotatable bonds is 4. The molecule has 0 aliphatic rings. The van der Waals surface area contributed by atoms with E-state index in [1.165, 1.54) is 0 Å². The maximum absolute atomic E-state index is 5.98. The first-order chi connectivity index (χ1) is 6.69. The maximum atomic E-state index is 5.98. The van der Waals surface area contributed by atoms with Crippen LogP contribution in [0.5, 0.6) is 11.5 Å². The van der Waals surface area contributed by atoms with Crippen LogP contribution in [0, 0.1) is 6.92 Å². The van der Waals surface area contributed by atoms with Gasteiger partial charge in [0.2, 0.25) is 0 Å². The minimum absolute atomic E-state index is 0.455. The van der Waals surface area contributed by atoms with Crippen molar-refractivity contribution in [3.63, 3.8) is 0 Å². The van der Waals surface area contributed by atoms with Gasteiger partial charge in [0.15, 0.2) is 11.5 Å². The summed E-state index contributed by atoms with van der Waals surface area (Å²) < 4.78 is 10.5. The Morgan fingerprint density at radius 1 is 1.43 bits per heavy atom. The molecular formula is C10H14ClNO2. The lowest BCUT2D eigenvalue weighted by Crippen LogP contribution is -2.11. The van der Waals surface area contributed by atoms with Gasteiger partial charge < -0.3 is 15.2 Å². The lowest BCUT2D eigenvalue weighted by atomic mass is 10.2. The van der Waals surface area contributed by atoms with E-state index in [4.69, 9.17) is 26.8 Å². The molecule has 1 aromatic rings. The number of methoxy groups -OCH3 is 1. The van der Waals surface area contributed by atoms with Crippen LogP contribution in [0.15, 0.2) is 12.1 Å². The van der Waals surface area contributed by atoms with E-state index in [9.17, 15) is 0 Å². The fourth-order valence-corrected chi connectivity index (χ4v) is 1.51. The van der Waals surface area contributed by atoms with E-state index < -0.39 is 0 Å². The molecule has 0 aromatic heterocycles. The Labute approximate surface area is 88.8 Å². The van der Waals surface area contributed by atoms with Gasteiger partial charge in [-0.05, 0) is 24.6 Å². The van der Waals surface area contributed by atoms with Gasteiger partial charge in [-0.3, -0.25) is 0 Å². The first-order valence-electron chi connectivity index (χ1n) is 4.36. The SMILES string of the molecule is COc1c(Cl)cc(C)cc1OCCN. The van der Waals surface area contributed by atoms with Gasteiger partial charge in [-0.2, -0.15) is 0 Å². The molecule has 0 unspecified atom stereocenters. The van der Waals surface area contributed by atoms with Crippen molar-refractivity contribution in [3.05, 3.63) is 22.7 Å². The van der Waals surface area contributed by atoms with Crippen molar-refractivity contribution >= 4 is 11.6 Å². The molecule has 0 saturated carbocycles. The molecule has 78 valence electrons. The summed E-state index contributed by atoms with van der Waals surface area (Å²) in [6.45, 7) is 2.87. The van der Waals surface area contributed by atoms with E-state index in [1.54, 1.807) is 7.11 Å². The summed E-state index contributed by atoms with van der Waals surface area (Å²) in [6, 6.07) is 3.70. The van der Waals surface area contributed by atoms with Crippen LogP contribution in [0.1, 0.15) is 5.56 Å². The Hall–Kier alpha value is -0.930. The van der Waals surface area contributed by atoms with E-state index in [-0.39, 0.29) is 0 Å². The molecule has 14 heavy (non-hydrogen) atoms. The van der Waals surface area contributed by atoms with Crippen LogP contribution in [0.4, 0.5) is 0 Å². The summed E-state index contributed by atoms with van der Waals surface area (Å²) in [5, 5.41) is 0.555. The Morgan fingerprint density at radius 3 is 2.71 bits per heavy atom. The highest BCUT2D eigenvalue weighted by Gasteiger charge is 2.09. The zero-order valence-electron chi connectivity index (χ0n) is 8.34. The Kier molecular flexibility index (Phi) is 4.04. The van der Waals surface area contributed by atoms with Crippen LogP contribution in [0.3, 0.4) is 0 Å². The predicted octanol–water partition coefficient (Wildman–Crippen LogP) is 1.99. The summed E-state index contributed by atoms with van der Waals surface area (Å²) in [4.78, 5) is 0. The molecule has 0 amide bonds. The third-order valence-electron chi connectivity index (χ3n) is 1.73. The number of benzene rings is 1. The summed E-state index contributed by atoms with van der Waals surface area (Å²) in [7, 11) is 1.56. The van der Waals surface area contributed by atoms with E-state index >= 15 is 0 Å². The smallest absolute Gasteiger partial charge is 0.179 e. The van der Waals surface area contributed by atoms with Gasteiger partial charge in [0.25, 0.3) is 0 Å². The molecule has 0 atom stereocenters. The zero-order chi connectivity index (χ0) is 10.6. The molecule has 0 radical (unpaired) electrons. The minimum atomic E-state index is 0.455. The van der Waals surface area contributed by atoms with E-state index in [2.05, 4.69) is 0 Å². The first-order valence-corrected chi connectivity index (χ1v) is 4.74. The lowest BCUT2D eigenvalue weighted by molar-refractivity contribution is 0.302.